The minimum Gasteiger partial charge on any atom is -0.481 e. The van der Waals surface area contributed by atoms with Crippen molar-refractivity contribution >= 4 is 27.6 Å². The number of nitrogens with one attached hydrogen (secondary N) is 2. The maximum absolute atomic E-state index is 12.6. The van der Waals surface area contributed by atoms with Gasteiger partial charge >= 0.3 is 5.97 Å². The molecule has 0 spiro atoms. The molecule has 8 nitrogen and oxygen atoms in total. The molecule has 0 fully saturated rings. The lowest BCUT2D eigenvalue weighted by molar-refractivity contribution is -0.127. The van der Waals surface area contributed by atoms with Gasteiger partial charge in [-0.15, -0.1) is 0 Å². The summed E-state index contributed by atoms with van der Waals surface area (Å²) in [5, 5.41) is 2.74. The number of benzene rings is 2. The number of hydrogen-bond acceptors (Lipinski definition) is 6. The van der Waals surface area contributed by atoms with Crippen molar-refractivity contribution in [2.75, 3.05) is 11.3 Å². The minimum absolute atomic E-state index is 0.00602. The highest BCUT2D eigenvalue weighted by Crippen LogP contribution is 2.20. The smallest absolute Gasteiger partial charge is 0.338 e. The number of esters is 1. The van der Waals surface area contributed by atoms with Gasteiger partial charge < -0.3 is 14.8 Å². The van der Waals surface area contributed by atoms with E-state index in [0.29, 0.717) is 17.0 Å². The van der Waals surface area contributed by atoms with Crippen LogP contribution >= 0.6 is 0 Å². The molecule has 2 N–H and O–H groups in total. The van der Waals surface area contributed by atoms with E-state index < -0.39 is 22.1 Å². The molecule has 0 radical (unpaired) electrons. The summed E-state index contributed by atoms with van der Waals surface area (Å²) in [5.41, 5.74) is 0.638. The van der Waals surface area contributed by atoms with Crippen LogP contribution in [-0.2, 0) is 19.6 Å². The Morgan fingerprint density at radius 3 is 2.10 bits per heavy atom. The molecule has 1 amide bonds. The normalized spacial score (nSPS) is 12.2. The van der Waals surface area contributed by atoms with Crippen LogP contribution in [0.1, 0.15) is 38.1 Å². The molecule has 0 aliphatic rings. The molecule has 2 rings (SSSR count). The van der Waals surface area contributed by atoms with E-state index in [1.807, 2.05) is 13.8 Å². The first kappa shape index (κ1) is 23.2. The van der Waals surface area contributed by atoms with Crippen LogP contribution in [0.15, 0.2) is 53.4 Å². The Labute approximate surface area is 176 Å². The fourth-order valence-electron chi connectivity index (χ4n) is 2.46. The number of ether oxygens (including phenoxy) is 2. The summed E-state index contributed by atoms with van der Waals surface area (Å²) >= 11 is 0. The SMILES string of the molecule is CCOC(=O)c1ccc(NS(=O)(=O)c2ccc(O[C@@H](C)C(=O)NC(C)C)cc2)cc1. The molecule has 0 aliphatic carbocycles. The van der Waals surface area contributed by atoms with Crippen molar-refractivity contribution in [1.82, 2.24) is 5.32 Å². The van der Waals surface area contributed by atoms with Gasteiger partial charge in [-0.3, -0.25) is 9.52 Å². The van der Waals surface area contributed by atoms with Crippen molar-refractivity contribution in [3.8, 4) is 5.75 Å². The maximum atomic E-state index is 12.6. The molecule has 0 aromatic heterocycles. The average molecular weight is 435 g/mol. The Hall–Kier alpha value is -3.07. The van der Waals surface area contributed by atoms with E-state index in [0.717, 1.165) is 0 Å². The number of carbonyl (C=O) groups is 2. The lowest BCUT2D eigenvalue weighted by Gasteiger charge is -2.16. The monoisotopic (exact) mass is 434 g/mol. The third-order valence-corrected chi connectivity index (χ3v) is 5.29. The second-order valence-electron chi connectivity index (χ2n) is 6.80. The Bertz CT molecular complexity index is 970. The van der Waals surface area contributed by atoms with E-state index in [2.05, 4.69) is 10.0 Å². The van der Waals surface area contributed by atoms with Crippen LogP contribution in [0.4, 0.5) is 5.69 Å². The molecule has 9 heteroatoms. The van der Waals surface area contributed by atoms with Crippen molar-refractivity contribution in [2.24, 2.45) is 0 Å². The molecule has 0 saturated heterocycles. The summed E-state index contributed by atoms with van der Waals surface area (Å²) in [6.07, 6.45) is -0.717. The van der Waals surface area contributed by atoms with Crippen LogP contribution in [0.25, 0.3) is 0 Å². The quantitative estimate of drug-likeness (QED) is 0.587. The zero-order valence-corrected chi connectivity index (χ0v) is 18.2. The highest BCUT2D eigenvalue weighted by molar-refractivity contribution is 7.92. The standard InChI is InChI=1S/C21H26N2O6S/c1-5-28-21(25)16-6-8-17(9-7-16)23-30(26,27)19-12-10-18(11-13-19)29-15(4)20(24)22-14(2)3/h6-15,23H,5H2,1-4H3,(H,22,24)/t15-/m0/s1. The van der Waals surface area contributed by atoms with Gasteiger partial charge in [0.05, 0.1) is 17.1 Å². The number of anilines is 1. The highest BCUT2D eigenvalue weighted by Gasteiger charge is 2.18. The number of amides is 1. The van der Waals surface area contributed by atoms with Gasteiger partial charge in [-0.1, -0.05) is 0 Å². The Morgan fingerprint density at radius 2 is 1.57 bits per heavy atom. The van der Waals surface area contributed by atoms with Crippen LogP contribution < -0.4 is 14.8 Å². The second kappa shape index (κ2) is 10.1. The molecule has 0 aliphatic heterocycles. The van der Waals surface area contributed by atoms with Gasteiger partial charge in [0.1, 0.15) is 5.75 Å². The number of carbonyl (C=O) groups excluding carboxylic acids is 2. The Morgan fingerprint density at radius 1 is 0.967 bits per heavy atom. The summed E-state index contributed by atoms with van der Waals surface area (Å²) in [7, 11) is -3.84. The molecule has 0 heterocycles. The molecule has 0 unspecified atom stereocenters. The van der Waals surface area contributed by atoms with Crippen LogP contribution in [-0.4, -0.2) is 39.0 Å². The van der Waals surface area contributed by atoms with E-state index in [1.54, 1.807) is 13.8 Å². The first-order chi connectivity index (χ1) is 14.1. The van der Waals surface area contributed by atoms with Gasteiger partial charge in [0.25, 0.3) is 15.9 Å². The summed E-state index contributed by atoms with van der Waals surface area (Å²) in [6, 6.07) is 11.7. The summed E-state index contributed by atoms with van der Waals surface area (Å²) in [4.78, 5) is 23.6. The largest absolute Gasteiger partial charge is 0.481 e. The van der Waals surface area contributed by atoms with Crippen LogP contribution in [0, 0.1) is 0 Å². The summed E-state index contributed by atoms with van der Waals surface area (Å²) in [6.45, 7) is 7.28. The van der Waals surface area contributed by atoms with Crippen LogP contribution in [0.5, 0.6) is 5.75 Å². The van der Waals surface area contributed by atoms with E-state index >= 15 is 0 Å². The average Bonchev–Trinajstić information content (AvgIpc) is 2.68. The van der Waals surface area contributed by atoms with Crippen LogP contribution in [0.3, 0.4) is 0 Å². The first-order valence-electron chi connectivity index (χ1n) is 9.49. The Balaban J connectivity index is 2.04. The Kier molecular flexibility index (Phi) is 7.82. The van der Waals surface area contributed by atoms with Crippen molar-refractivity contribution in [2.45, 2.75) is 44.7 Å². The van der Waals surface area contributed by atoms with Gasteiger partial charge in [-0.25, -0.2) is 13.2 Å². The van der Waals surface area contributed by atoms with E-state index in [-0.39, 0.29) is 23.5 Å². The van der Waals surface area contributed by atoms with Crippen LogP contribution in [0.2, 0.25) is 0 Å². The van der Waals surface area contributed by atoms with Crippen molar-refractivity contribution in [3.63, 3.8) is 0 Å². The van der Waals surface area contributed by atoms with Crippen molar-refractivity contribution in [1.29, 1.82) is 0 Å². The second-order valence-corrected chi connectivity index (χ2v) is 8.48. The van der Waals surface area contributed by atoms with Gasteiger partial charge in [0.15, 0.2) is 6.10 Å². The predicted molar refractivity (Wildman–Crippen MR) is 113 cm³/mol. The lowest BCUT2D eigenvalue weighted by Crippen LogP contribution is -2.40. The van der Waals surface area contributed by atoms with Crippen molar-refractivity contribution in [3.05, 3.63) is 54.1 Å². The van der Waals surface area contributed by atoms with E-state index in [4.69, 9.17) is 9.47 Å². The van der Waals surface area contributed by atoms with Crippen molar-refractivity contribution < 1.29 is 27.5 Å². The minimum atomic E-state index is -3.84. The number of sulfonamides is 1. The van der Waals surface area contributed by atoms with Gasteiger partial charge in [0.2, 0.25) is 0 Å². The highest BCUT2D eigenvalue weighted by atomic mass is 32.2. The van der Waals surface area contributed by atoms with Gasteiger partial charge in [-0.05, 0) is 76.2 Å². The third-order valence-electron chi connectivity index (χ3n) is 3.90. The number of hydrogen-bond donors (Lipinski definition) is 2. The maximum Gasteiger partial charge on any atom is 0.338 e. The molecule has 162 valence electrons. The molecule has 2 aromatic rings. The topological polar surface area (TPSA) is 111 Å². The molecule has 1 atom stereocenters. The fourth-order valence-corrected chi connectivity index (χ4v) is 3.52. The molecule has 0 bridgehead atoms. The zero-order valence-electron chi connectivity index (χ0n) is 17.3. The summed E-state index contributed by atoms with van der Waals surface area (Å²) < 4.78 is 38.0. The molecule has 2 aromatic carbocycles. The molecular weight excluding hydrogens is 408 g/mol. The lowest BCUT2D eigenvalue weighted by atomic mass is 10.2. The third kappa shape index (κ3) is 6.48. The molecule has 30 heavy (non-hydrogen) atoms. The number of rotatable bonds is 9. The summed E-state index contributed by atoms with van der Waals surface area (Å²) in [5.74, 6) is -0.354. The van der Waals surface area contributed by atoms with E-state index in [1.165, 1.54) is 48.5 Å². The zero-order chi connectivity index (χ0) is 22.3. The van der Waals surface area contributed by atoms with E-state index in [9.17, 15) is 18.0 Å². The molecule has 0 saturated carbocycles. The predicted octanol–water partition coefficient (Wildman–Crippen LogP) is 2.96. The van der Waals surface area contributed by atoms with Gasteiger partial charge in [0, 0.05) is 11.7 Å². The molecular formula is C21H26N2O6S. The fraction of sp³-hybridized carbons (Fsp3) is 0.333. The van der Waals surface area contributed by atoms with Gasteiger partial charge in [-0.2, -0.15) is 0 Å². The first-order valence-corrected chi connectivity index (χ1v) is 11.0.